The predicted molar refractivity (Wildman–Crippen MR) is 67.3 cm³/mol. The number of nitrogens with two attached hydrogens (primary N) is 1. The molecule has 0 saturated carbocycles. The summed E-state index contributed by atoms with van der Waals surface area (Å²) in [6, 6.07) is 6.32. The fourth-order valence-electron chi connectivity index (χ4n) is 2.52. The lowest BCUT2D eigenvalue weighted by Crippen LogP contribution is -2.17. The Kier molecular flexibility index (Phi) is 3.34. The minimum Gasteiger partial charge on any atom is -0.492 e. The largest absolute Gasteiger partial charge is 0.492 e. The van der Waals surface area contributed by atoms with Crippen molar-refractivity contribution in [3.63, 3.8) is 0 Å². The van der Waals surface area contributed by atoms with Crippen molar-refractivity contribution in [2.24, 2.45) is 5.73 Å². The van der Waals surface area contributed by atoms with E-state index in [1.807, 2.05) is 13.0 Å². The van der Waals surface area contributed by atoms with Gasteiger partial charge in [0.05, 0.1) is 12.3 Å². The van der Waals surface area contributed by atoms with E-state index < -0.39 is 0 Å². The third kappa shape index (κ3) is 1.87. The summed E-state index contributed by atoms with van der Waals surface area (Å²) < 4.78 is 5.67. The van der Waals surface area contributed by atoms with Crippen molar-refractivity contribution in [3.05, 3.63) is 23.8 Å². The Labute approximate surface area is 97.2 Å². The lowest BCUT2D eigenvalue weighted by Gasteiger charge is -2.16. The van der Waals surface area contributed by atoms with Gasteiger partial charge in [0, 0.05) is 19.5 Å². The Balaban J connectivity index is 2.35. The topological polar surface area (TPSA) is 38.5 Å². The molecule has 0 bridgehead atoms. The lowest BCUT2D eigenvalue weighted by molar-refractivity contribution is 0.341. The highest BCUT2D eigenvalue weighted by Gasteiger charge is 2.28. The van der Waals surface area contributed by atoms with E-state index in [4.69, 9.17) is 10.5 Å². The van der Waals surface area contributed by atoms with Crippen LogP contribution in [0, 0.1) is 0 Å². The number of para-hydroxylation sites is 1. The van der Waals surface area contributed by atoms with E-state index in [1.54, 1.807) is 0 Å². The molecular formula is C13H20N2O. The van der Waals surface area contributed by atoms with Gasteiger partial charge in [0.25, 0.3) is 0 Å². The van der Waals surface area contributed by atoms with Crippen LogP contribution in [-0.2, 0) is 0 Å². The Morgan fingerprint density at radius 1 is 1.50 bits per heavy atom. The molecule has 0 aromatic heterocycles. The third-order valence-electron chi connectivity index (χ3n) is 3.16. The van der Waals surface area contributed by atoms with Crippen molar-refractivity contribution in [2.75, 3.05) is 31.6 Å². The molecule has 1 aromatic carbocycles. The van der Waals surface area contributed by atoms with Crippen LogP contribution in [0.2, 0.25) is 0 Å². The molecule has 2 rings (SSSR count). The normalized spacial score (nSPS) is 18.7. The van der Waals surface area contributed by atoms with Gasteiger partial charge in [-0.2, -0.15) is 0 Å². The molecule has 1 unspecified atom stereocenters. The lowest BCUT2D eigenvalue weighted by atomic mass is 9.98. The summed E-state index contributed by atoms with van der Waals surface area (Å²) in [6.45, 7) is 4.53. The van der Waals surface area contributed by atoms with Crippen molar-refractivity contribution in [1.29, 1.82) is 0 Å². The van der Waals surface area contributed by atoms with E-state index >= 15 is 0 Å². The molecule has 0 aliphatic carbocycles. The Morgan fingerprint density at radius 2 is 2.31 bits per heavy atom. The number of hydrogen-bond acceptors (Lipinski definition) is 3. The number of likely N-dealkylation sites (N-methyl/N-ethyl adjacent to an activating group) is 1. The molecule has 1 aromatic rings. The number of fused-ring (bicyclic) bond motifs is 1. The van der Waals surface area contributed by atoms with E-state index in [9.17, 15) is 0 Å². The van der Waals surface area contributed by atoms with Gasteiger partial charge in [-0.25, -0.2) is 0 Å². The second-order valence-electron chi connectivity index (χ2n) is 4.28. The van der Waals surface area contributed by atoms with Crippen LogP contribution in [0.25, 0.3) is 0 Å². The van der Waals surface area contributed by atoms with Crippen LogP contribution in [-0.4, -0.2) is 26.7 Å². The second-order valence-corrected chi connectivity index (χ2v) is 4.28. The van der Waals surface area contributed by atoms with Gasteiger partial charge in [-0.05, 0) is 31.5 Å². The van der Waals surface area contributed by atoms with Crippen LogP contribution in [0.1, 0.15) is 24.8 Å². The first-order valence-electron chi connectivity index (χ1n) is 5.94. The summed E-state index contributed by atoms with van der Waals surface area (Å²) in [7, 11) is 2.12. The van der Waals surface area contributed by atoms with E-state index in [0.29, 0.717) is 12.5 Å². The molecule has 1 aliphatic rings. The first-order valence-corrected chi connectivity index (χ1v) is 5.94. The highest BCUT2D eigenvalue weighted by Crippen LogP contribution is 2.42. The van der Waals surface area contributed by atoms with E-state index in [2.05, 4.69) is 24.1 Å². The van der Waals surface area contributed by atoms with Crippen LogP contribution in [0.4, 0.5) is 5.69 Å². The average molecular weight is 220 g/mol. The maximum atomic E-state index is 5.67. The van der Waals surface area contributed by atoms with Gasteiger partial charge < -0.3 is 15.4 Å². The third-order valence-corrected chi connectivity index (χ3v) is 3.16. The number of rotatable bonds is 4. The van der Waals surface area contributed by atoms with Crippen molar-refractivity contribution in [2.45, 2.75) is 19.3 Å². The predicted octanol–water partition coefficient (Wildman–Crippen LogP) is 1.97. The van der Waals surface area contributed by atoms with Gasteiger partial charge in [-0.15, -0.1) is 0 Å². The highest BCUT2D eigenvalue weighted by atomic mass is 16.5. The number of nitrogens with zero attached hydrogens (tertiary/aromatic N) is 1. The van der Waals surface area contributed by atoms with Crippen molar-refractivity contribution < 1.29 is 4.74 Å². The van der Waals surface area contributed by atoms with Crippen LogP contribution in [0.3, 0.4) is 0 Å². The van der Waals surface area contributed by atoms with Crippen LogP contribution in [0.15, 0.2) is 18.2 Å². The van der Waals surface area contributed by atoms with Crippen LogP contribution >= 0.6 is 0 Å². The highest BCUT2D eigenvalue weighted by molar-refractivity contribution is 5.68. The maximum absolute atomic E-state index is 5.67. The molecule has 1 aliphatic heterocycles. The Morgan fingerprint density at radius 3 is 3.00 bits per heavy atom. The average Bonchev–Trinajstić information content (AvgIpc) is 2.58. The number of benzene rings is 1. The molecule has 3 nitrogen and oxygen atoms in total. The number of hydrogen-bond donors (Lipinski definition) is 1. The van der Waals surface area contributed by atoms with Gasteiger partial charge in [-0.1, -0.05) is 12.1 Å². The van der Waals surface area contributed by atoms with Gasteiger partial charge >= 0.3 is 0 Å². The van der Waals surface area contributed by atoms with Gasteiger partial charge in [0.15, 0.2) is 0 Å². The molecule has 0 amide bonds. The fourth-order valence-corrected chi connectivity index (χ4v) is 2.52. The van der Waals surface area contributed by atoms with Gasteiger partial charge in [-0.3, -0.25) is 0 Å². The quantitative estimate of drug-likeness (QED) is 0.843. The fraction of sp³-hybridized carbons (Fsp3) is 0.538. The Hall–Kier alpha value is -1.22. The zero-order valence-electron chi connectivity index (χ0n) is 10.1. The first kappa shape index (κ1) is 11.3. The molecule has 0 saturated heterocycles. The summed E-state index contributed by atoms with van der Waals surface area (Å²) in [5.74, 6) is 1.56. The summed E-state index contributed by atoms with van der Waals surface area (Å²) in [5.41, 5.74) is 8.30. The van der Waals surface area contributed by atoms with Crippen LogP contribution < -0.4 is 15.4 Å². The Bertz CT molecular complexity index is 365. The smallest absolute Gasteiger partial charge is 0.142 e. The monoisotopic (exact) mass is 220 g/mol. The summed E-state index contributed by atoms with van der Waals surface area (Å²) in [5, 5.41) is 0. The molecule has 0 radical (unpaired) electrons. The van der Waals surface area contributed by atoms with Crippen molar-refractivity contribution in [3.8, 4) is 5.75 Å². The SMILES string of the molecule is CCOc1cccc2c1N(C)CC2CCN. The molecule has 2 N–H and O–H groups in total. The molecule has 1 heterocycles. The summed E-state index contributed by atoms with van der Waals surface area (Å²) in [6.07, 6.45) is 1.05. The molecule has 0 fully saturated rings. The minimum absolute atomic E-state index is 0.561. The molecule has 1 atom stereocenters. The van der Waals surface area contributed by atoms with Gasteiger partial charge in [0.2, 0.25) is 0 Å². The van der Waals surface area contributed by atoms with E-state index in [0.717, 1.165) is 25.3 Å². The van der Waals surface area contributed by atoms with E-state index in [1.165, 1.54) is 11.3 Å². The van der Waals surface area contributed by atoms with Crippen molar-refractivity contribution >= 4 is 5.69 Å². The molecule has 16 heavy (non-hydrogen) atoms. The number of ether oxygens (including phenoxy) is 1. The van der Waals surface area contributed by atoms with E-state index in [-0.39, 0.29) is 0 Å². The van der Waals surface area contributed by atoms with Crippen molar-refractivity contribution in [1.82, 2.24) is 0 Å². The zero-order chi connectivity index (χ0) is 11.5. The standard InChI is InChI=1S/C13H20N2O/c1-3-16-12-6-4-5-11-10(7-8-14)9-15(2)13(11)12/h4-6,10H,3,7-9,14H2,1-2H3. The molecular weight excluding hydrogens is 200 g/mol. The molecule has 3 heteroatoms. The number of anilines is 1. The minimum atomic E-state index is 0.561. The van der Waals surface area contributed by atoms with Gasteiger partial charge in [0.1, 0.15) is 5.75 Å². The maximum Gasteiger partial charge on any atom is 0.142 e. The summed E-state index contributed by atoms with van der Waals surface area (Å²) >= 11 is 0. The second kappa shape index (κ2) is 4.74. The molecule has 88 valence electrons. The zero-order valence-corrected chi connectivity index (χ0v) is 10.1. The first-order chi connectivity index (χ1) is 7.77. The van der Waals surface area contributed by atoms with Crippen LogP contribution in [0.5, 0.6) is 5.75 Å². The summed E-state index contributed by atoms with van der Waals surface area (Å²) in [4.78, 5) is 2.28. The molecule has 0 spiro atoms.